The van der Waals surface area contributed by atoms with Gasteiger partial charge >= 0.3 is 0 Å². The molecule has 82 heavy (non-hydrogen) atoms. The molecule has 0 atom stereocenters. The molecule has 0 saturated carbocycles. The van der Waals surface area contributed by atoms with Crippen molar-refractivity contribution >= 4 is 34.4 Å². The second kappa shape index (κ2) is 21.9. The first kappa shape index (κ1) is 55.8. The van der Waals surface area contributed by atoms with Crippen LogP contribution < -0.4 is 16.0 Å². The van der Waals surface area contributed by atoms with Crippen molar-refractivity contribution in [3.63, 3.8) is 0 Å². The minimum absolute atomic E-state index is 0.0926. The van der Waals surface area contributed by atoms with Gasteiger partial charge in [0, 0.05) is 75.4 Å². The second-order valence-electron chi connectivity index (χ2n) is 23.5. The summed E-state index contributed by atoms with van der Waals surface area (Å²) in [6, 6.07) is 31.1. The number of aromatic nitrogens is 11. The lowest BCUT2D eigenvalue weighted by Gasteiger charge is -2.22. The Balaban J connectivity index is 0.000000138. The van der Waals surface area contributed by atoms with Gasteiger partial charge in [0.2, 0.25) is 0 Å². The van der Waals surface area contributed by atoms with Gasteiger partial charge < -0.3 is 29.5 Å². The summed E-state index contributed by atoms with van der Waals surface area (Å²) in [5, 5.41) is 22.6. The van der Waals surface area contributed by atoms with Crippen molar-refractivity contribution in [2.45, 2.75) is 120 Å². The van der Waals surface area contributed by atoms with E-state index in [4.69, 9.17) is 28.5 Å². The molecule has 0 spiro atoms. The highest BCUT2D eigenvalue weighted by Crippen LogP contribution is 2.38. The van der Waals surface area contributed by atoms with Crippen molar-refractivity contribution in [2.24, 2.45) is 0 Å². The fraction of sp³-hybridized carbons (Fsp3) is 0.281. The first-order valence-electron chi connectivity index (χ1n) is 27.2. The summed E-state index contributed by atoms with van der Waals surface area (Å²) in [7, 11) is 0. The Hall–Kier alpha value is -9.45. The number of hydrogen-bond donors (Lipinski definition) is 3. The highest BCUT2D eigenvalue weighted by Gasteiger charge is 2.25. The fourth-order valence-corrected chi connectivity index (χ4v) is 9.83. The first-order chi connectivity index (χ1) is 38.9. The van der Waals surface area contributed by atoms with E-state index in [0.29, 0.717) is 33.8 Å². The van der Waals surface area contributed by atoms with E-state index in [9.17, 15) is 0 Å². The number of aryl methyl sites for hydroxylation is 6. The predicted octanol–water partition coefficient (Wildman–Crippen LogP) is 15.4. The standard InChI is InChI=1S/C22H23FN4O.2C21H23N5O/c1-13-19(14(2)28-26-13)16-10-9-15(12-17(16)23)20-21(25-22(3,4)5)27-11-7-6-8-18(27)24-20;1-13-18(14(2)27-25-13)16-10-9-15(12-22-16)19-20(24-21(3,4)5)26-11-7-6-8-17(26)23-19;1-13-18(14(2)27-25-13)15-9-10-16(22-12-15)19-20(24-21(3,4)5)26-11-7-6-8-17(26)23-19/h6-12,25H,1-5H3;2*6-12,24H,1-5H3. The molecule has 11 aromatic heterocycles. The molecular formula is C64H69FN14O3. The molecule has 0 aliphatic carbocycles. The summed E-state index contributed by atoms with van der Waals surface area (Å²) < 4.78 is 36.9. The Morgan fingerprint density at radius 3 is 1.22 bits per heavy atom. The summed E-state index contributed by atoms with van der Waals surface area (Å²) in [6.45, 7) is 30.3. The molecule has 3 N–H and O–H groups in total. The molecule has 17 nitrogen and oxygen atoms in total. The third kappa shape index (κ3) is 11.7. The van der Waals surface area contributed by atoms with Gasteiger partial charge in [-0.25, -0.2) is 19.3 Å². The highest BCUT2D eigenvalue weighted by molar-refractivity contribution is 5.81. The third-order valence-electron chi connectivity index (χ3n) is 13.3. The topological polar surface area (TPSA) is 192 Å². The molecule has 12 rings (SSSR count). The van der Waals surface area contributed by atoms with Gasteiger partial charge in [-0.05, 0) is 165 Å². The van der Waals surface area contributed by atoms with Gasteiger partial charge in [0.15, 0.2) is 0 Å². The van der Waals surface area contributed by atoms with Crippen molar-refractivity contribution in [3.8, 4) is 67.4 Å². The molecule has 0 aliphatic heterocycles. The van der Waals surface area contributed by atoms with E-state index < -0.39 is 0 Å². The van der Waals surface area contributed by atoms with Crippen LogP contribution in [0.3, 0.4) is 0 Å². The average Bonchev–Trinajstić information content (AvgIpc) is 4.37. The van der Waals surface area contributed by atoms with Crippen molar-refractivity contribution in [2.75, 3.05) is 16.0 Å². The summed E-state index contributed by atoms with van der Waals surface area (Å²) >= 11 is 0. The van der Waals surface area contributed by atoms with Gasteiger partial charge in [0.1, 0.15) is 74.6 Å². The molecule has 0 bridgehead atoms. The Bertz CT molecular complexity index is 3990. The molecule has 0 radical (unpaired) electrons. The molecule has 11 heterocycles. The van der Waals surface area contributed by atoms with Crippen LogP contribution in [0.4, 0.5) is 21.8 Å². The molecule has 0 amide bonds. The van der Waals surface area contributed by atoms with Crippen LogP contribution in [0.2, 0.25) is 0 Å². The second-order valence-corrected chi connectivity index (χ2v) is 23.5. The van der Waals surface area contributed by atoms with E-state index in [1.807, 2.05) is 155 Å². The summed E-state index contributed by atoms with van der Waals surface area (Å²) in [5.74, 6) is 4.59. The molecule has 0 aliphatic rings. The van der Waals surface area contributed by atoms with E-state index in [1.165, 1.54) is 6.07 Å². The van der Waals surface area contributed by atoms with Crippen molar-refractivity contribution in [3.05, 3.63) is 168 Å². The van der Waals surface area contributed by atoms with Crippen LogP contribution in [0.5, 0.6) is 0 Å². The maximum absolute atomic E-state index is 15.1. The predicted molar refractivity (Wildman–Crippen MR) is 322 cm³/mol. The number of fused-ring (bicyclic) bond motifs is 3. The maximum atomic E-state index is 15.1. The van der Waals surface area contributed by atoms with Crippen molar-refractivity contribution < 1.29 is 18.0 Å². The largest absolute Gasteiger partial charge is 0.365 e. The summed E-state index contributed by atoms with van der Waals surface area (Å²) in [4.78, 5) is 23.7. The molecule has 18 heteroatoms. The number of hydrogen-bond acceptors (Lipinski definition) is 14. The molecule has 0 fully saturated rings. The van der Waals surface area contributed by atoms with Gasteiger partial charge in [-0.3, -0.25) is 23.2 Å². The average molecular weight is 1100 g/mol. The SMILES string of the molecule is Cc1noc(C)c1-c1ccc(-c2nc3ccccn3c2NC(C)(C)C)cc1F.Cc1noc(C)c1-c1ccc(-c2nc3ccccn3c2NC(C)(C)C)cn1.Cc1noc(C)c1-c1ccc(-c2nc3ccccn3c2NC(C)(C)C)nc1. The lowest BCUT2D eigenvalue weighted by Crippen LogP contribution is -2.27. The summed E-state index contributed by atoms with van der Waals surface area (Å²) in [6.07, 6.45) is 9.70. The summed E-state index contributed by atoms with van der Waals surface area (Å²) in [5.41, 5.74) is 14.5. The Morgan fingerprint density at radius 1 is 0.415 bits per heavy atom. The lowest BCUT2D eigenvalue weighted by molar-refractivity contribution is 0.393. The van der Waals surface area contributed by atoms with Crippen LogP contribution in [-0.4, -0.2) is 70.2 Å². The minimum Gasteiger partial charge on any atom is -0.365 e. The normalized spacial score (nSPS) is 11.9. The van der Waals surface area contributed by atoms with E-state index >= 15 is 4.39 Å². The number of pyridine rings is 5. The third-order valence-corrected chi connectivity index (χ3v) is 13.3. The molecule has 12 aromatic rings. The van der Waals surface area contributed by atoms with Crippen LogP contribution in [0.25, 0.3) is 84.4 Å². The van der Waals surface area contributed by atoms with Crippen molar-refractivity contribution in [1.82, 2.24) is 53.6 Å². The Kier molecular flexibility index (Phi) is 14.9. The van der Waals surface area contributed by atoms with Gasteiger partial charge in [-0.15, -0.1) is 0 Å². The molecule has 1 aromatic carbocycles. The number of imidazole rings is 3. The van der Waals surface area contributed by atoms with E-state index in [0.717, 1.165) is 102 Å². The van der Waals surface area contributed by atoms with E-state index in [1.54, 1.807) is 13.0 Å². The van der Waals surface area contributed by atoms with Gasteiger partial charge in [0.05, 0.1) is 39.6 Å². The Labute approximate surface area is 476 Å². The number of benzene rings is 1. The van der Waals surface area contributed by atoms with Crippen molar-refractivity contribution in [1.29, 1.82) is 0 Å². The van der Waals surface area contributed by atoms with Crippen LogP contribution >= 0.6 is 0 Å². The molecule has 0 saturated heterocycles. The maximum Gasteiger partial charge on any atom is 0.143 e. The van der Waals surface area contributed by atoms with Crippen LogP contribution in [0, 0.1) is 47.4 Å². The zero-order valence-corrected chi connectivity index (χ0v) is 49.1. The number of halogens is 1. The number of anilines is 3. The van der Waals surface area contributed by atoms with E-state index in [2.05, 4.69) is 113 Å². The van der Waals surface area contributed by atoms with Crippen LogP contribution in [-0.2, 0) is 0 Å². The first-order valence-corrected chi connectivity index (χ1v) is 27.2. The fourth-order valence-electron chi connectivity index (χ4n) is 9.83. The Morgan fingerprint density at radius 2 is 0.805 bits per heavy atom. The molecule has 0 unspecified atom stereocenters. The quantitative estimate of drug-likeness (QED) is 0.124. The molecule has 420 valence electrons. The highest BCUT2D eigenvalue weighted by atomic mass is 19.1. The minimum atomic E-state index is -0.328. The van der Waals surface area contributed by atoms with Gasteiger partial charge in [-0.2, -0.15) is 0 Å². The zero-order chi connectivity index (χ0) is 58.4. The zero-order valence-electron chi connectivity index (χ0n) is 49.1. The lowest BCUT2D eigenvalue weighted by atomic mass is 10.0. The monoisotopic (exact) mass is 1100 g/mol. The molecular weight excluding hydrogens is 1030 g/mol. The van der Waals surface area contributed by atoms with Gasteiger partial charge in [0.25, 0.3) is 0 Å². The number of rotatable bonds is 9. The van der Waals surface area contributed by atoms with Crippen LogP contribution in [0.15, 0.2) is 142 Å². The number of nitrogens with zero attached hydrogens (tertiary/aromatic N) is 11. The van der Waals surface area contributed by atoms with Gasteiger partial charge in [-0.1, -0.05) is 51.9 Å². The number of nitrogens with one attached hydrogen (secondary N) is 3. The van der Waals surface area contributed by atoms with Crippen LogP contribution in [0.1, 0.15) is 96.7 Å². The smallest absolute Gasteiger partial charge is 0.143 e. The van der Waals surface area contributed by atoms with E-state index in [-0.39, 0.29) is 22.4 Å².